The molecule has 2 aromatic rings. The van der Waals surface area contributed by atoms with E-state index in [9.17, 15) is 26.3 Å². The Kier molecular flexibility index (Phi) is 3.41. The summed E-state index contributed by atoms with van der Waals surface area (Å²) >= 11 is 0. The zero-order valence-electron chi connectivity index (χ0n) is 9.68. The van der Waals surface area contributed by atoms with E-state index in [1.807, 2.05) is 0 Å². The van der Waals surface area contributed by atoms with Crippen molar-refractivity contribution in [3.8, 4) is 0 Å². The molecule has 0 aliphatic carbocycles. The van der Waals surface area contributed by atoms with Gasteiger partial charge in [-0.05, 0) is 18.2 Å². The first-order valence-electron chi connectivity index (χ1n) is 5.38. The number of aromatic amines is 1. The van der Waals surface area contributed by atoms with Gasteiger partial charge < -0.3 is 10.1 Å². The molecule has 9 heteroatoms. The molecular formula is C11H8F6N2O. The summed E-state index contributed by atoms with van der Waals surface area (Å²) in [6.07, 6.45) is -12.8. The number of nitrogens with zero attached hydrogens (tertiary/aromatic N) is 1. The molecule has 2 rings (SSSR count). The summed E-state index contributed by atoms with van der Waals surface area (Å²) in [5.41, 5.74) is -0.872. The van der Waals surface area contributed by atoms with Crippen LogP contribution in [0.5, 0.6) is 0 Å². The van der Waals surface area contributed by atoms with Crippen LogP contribution in [0, 0.1) is 0 Å². The molecule has 1 unspecified atom stereocenters. The standard InChI is InChI=1S/C11H8F6N2O/c12-10(13,14)5-1-2-6-7(3-5)19-9(18-6)4-8(20)11(15,16)17/h1-3,8,20H,4H2,(H,18,19). The van der Waals surface area contributed by atoms with E-state index in [1.54, 1.807) is 0 Å². The van der Waals surface area contributed by atoms with E-state index in [1.165, 1.54) is 0 Å². The van der Waals surface area contributed by atoms with Gasteiger partial charge in [-0.3, -0.25) is 0 Å². The summed E-state index contributed by atoms with van der Waals surface area (Å²) in [6, 6.07) is 2.59. The lowest BCUT2D eigenvalue weighted by Crippen LogP contribution is -2.30. The number of nitrogens with one attached hydrogen (secondary N) is 1. The average Bonchev–Trinajstić information content (AvgIpc) is 2.67. The molecule has 1 aromatic carbocycles. The molecule has 0 amide bonds. The molecule has 3 nitrogen and oxygen atoms in total. The minimum absolute atomic E-state index is 0.0378. The number of H-pyrrole nitrogens is 1. The molecule has 0 aliphatic heterocycles. The lowest BCUT2D eigenvalue weighted by molar-refractivity contribution is -0.203. The second kappa shape index (κ2) is 4.65. The number of halogens is 6. The second-order valence-corrected chi connectivity index (χ2v) is 4.17. The maximum Gasteiger partial charge on any atom is 0.416 e. The van der Waals surface area contributed by atoms with E-state index < -0.39 is 30.4 Å². The van der Waals surface area contributed by atoms with Gasteiger partial charge in [0.1, 0.15) is 5.82 Å². The van der Waals surface area contributed by atoms with Crippen LogP contribution in [0.1, 0.15) is 11.4 Å². The summed E-state index contributed by atoms with van der Waals surface area (Å²) < 4.78 is 73.9. The highest BCUT2D eigenvalue weighted by Crippen LogP contribution is 2.31. The average molecular weight is 298 g/mol. The summed E-state index contributed by atoms with van der Waals surface area (Å²) in [6.45, 7) is 0. The number of imidazole rings is 1. The topological polar surface area (TPSA) is 48.9 Å². The van der Waals surface area contributed by atoms with E-state index in [4.69, 9.17) is 5.11 Å². The molecule has 0 radical (unpaired) electrons. The highest BCUT2D eigenvalue weighted by molar-refractivity contribution is 5.76. The van der Waals surface area contributed by atoms with Gasteiger partial charge in [0, 0.05) is 6.42 Å². The third kappa shape index (κ3) is 3.03. The minimum Gasteiger partial charge on any atom is -0.383 e. The predicted octanol–water partition coefficient (Wildman–Crippen LogP) is 3.05. The fourth-order valence-corrected chi connectivity index (χ4v) is 1.63. The molecule has 0 bridgehead atoms. The van der Waals surface area contributed by atoms with E-state index in [0.29, 0.717) is 0 Å². The van der Waals surface area contributed by atoms with Gasteiger partial charge in [0.2, 0.25) is 0 Å². The van der Waals surface area contributed by atoms with Crippen molar-refractivity contribution in [2.45, 2.75) is 24.9 Å². The number of fused-ring (bicyclic) bond motifs is 1. The smallest absolute Gasteiger partial charge is 0.383 e. The summed E-state index contributed by atoms with van der Waals surface area (Å²) in [5, 5.41) is 8.88. The van der Waals surface area contributed by atoms with E-state index in [0.717, 1.165) is 18.2 Å². The molecule has 20 heavy (non-hydrogen) atoms. The Morgan fingerprint density at radius 3 is 2.35 bits per heavy atom. The van der Waals surface area contributed by atoms with Crippen molar-refractivity contribution < 1.29 is 31.4 Å². The summed E-state index contributed by atoms with van der Waals surface area (Å²) in [7, 11) is 0. The Hall–Kier alpha value is -1.77. The highest BCUT2D eigenvalue weighted by atomic mass is 19.4. The first-order valence-corrected chi connectivity index (χ1v) is 5.38. The number of alkyl halides is 6. The van der Waals surface area contributed by atoms with Gasteiger partial charge in [0.25, 0.3) is 0 Å². The SMILES string of the molecule is OC(Cc1nc2ccc(C(F)(F)F)cc2[nH]1)C(F)(F)F. The molecule has 0 fully saturated rings. The van der Waals surface area contributed by atoms with E-state index in [2.05, 4.69) is 9.97 Å². The first kappa shape index (κ1) is 14.6. The lowest BCUT2D eigenvalue weighted by atomic mass is 10.2. The van der Waals surface area contributed by atoms with Crippen molar-refractivity contribution in [3.63, 3.8) is 0 Å². The van der Waals surface area contributed by atoms with Gasteiger partial charge in [-0.25, -0.2) is 4.98 Å². The number of hydrogen-bond acceptors (Lipinski definition) is 2. The molecular weight excluding hydrogens is 290 g/mol. The second-order valence-electron chi connectivity index (χ2n) is 4.17. The number of aliphatic hydroxyl groups is 1. The Morgan fingerprint density at radius 2 is 1.80 bits per heavy atom. The van der Waals surface area contributed by atoms with Crippen LogP contribution in [0.2, 0.25) is 0 Å². The van der Waals surface area contributed by atoms with Crippen LogP contribution in [0.25, 0.3) is 11.0 Å². The predicted molar refractivity (Wildman–Crippen MR) is 56.9 cm³/mol. The normalized spacial score (nSPS) is 14.8. The molecule has 1 aromatic heterocycles. The van der Waals surface area contributed by atoms with Crippen molar-refractivity contribution in [3.05, 3.63) is 29.6 Å². The number of hydrogen-bond donors (Lipinski definition) is 2. The summed E-state index contributed by atoms with van der Waals surface area (Å²) in [4.78, 5) is 6.05. The van der Waals surface area contributed by atoms with Crippen LogP contribution in [0.15, 0.2) is 18.2 Å². The van der Waals surface area contributed by atoms with Gasteiger partial charge in [0.05, 0.1) is 16.6 Å². The van der Waals surface area contributed by atoms with Crippen LogP contribution in [0.3, 0.4) is 0 Å². The van der Waals surface area contributed by atoms with Gasteiger partial charge >= 0.3 is 12.4 Å². The molecule has 0 saturated heterocycles. The van der Waals surface area contributed by atoms with Gasteiger partial charge in [-0.15, -0.1) is 0 Å². The molecule has 0 aliphatic rings. The largest absolute Gasteiger partial charge is 0.416 e. The van der Waals surface area contributed by atoms with Crippen molar-refractivity contribution in [1.82, 2.24) is 9.97 Å². The number of aromatic nitrogens is 2. The van der Waals surface area contributed by atoms with Crippen molar-refractivity contribution in [1.29, 1.82) is 0 Å². The molecule has 1 atom stereocenters. The van der Waals surface area contributed by atoms with Crippen LogP contribution in [-0.2, 0) is 12.6 Å². The van der Waals surface area contributed by atoms with Gasteiger partial charge in [-0.1, -0.05) is 0 Å². The molecule has 0 saturated carbocycles. The van der Waals surface area contributed by atoms with Crippen molar-refractivity contribution in [2.24, 2.45) is 0 Å². The zero-order valence-corrected chi connectivity index (χ0v) is 9.68. The van der Waals surface area contributed by atoms with E-state index in [-0.39, 0.29) is 16.9 Å². The lowest BCUT2D eigenvalue weighted by Gasteiger charge is -2.12. The van der Waals surface area contributed by atoms with Crippen LogP contribution in [-0.4, -0.2) is 27.4 Å². The Labute approximate surface area is 108 Å². The fourth-order valence-electron chi connectivity index (χ4n) is 1.63. The highest BCUT2D eigenvalue weighted by Gasteiger charge is 2.38. The van der Waals surface area contributed by atoms with Crippen molar-refractivity contribution >= 4 is 11.0 Å². The number of rotatable bonds is 2. The molecule has 0 spiro atoms. The van der Waals surface area contributed by atoms with Crippen LogP contribution >= 0.6 is 0 Å². The quantitative estimate of drug-likeness (QED) is 0.837. The Morgan fingerprint density at radius 1 is 1.15 bits per heavy atom. The van der Waals surface area contributed by atoms with Gasteiger partial charge in [-0.2, -0.15) is 26.3 Å². The first-order chi connectivity index (χ1) is 9.07. The maximum atomic E-state index is 12.5. The van der Waals surface area contributed by atoms with Crippen LogP contribution in [0.4, 0.5) is 26.3 Å². The summed E-state index contributed by atoms with van der Waals surface area (Å²) in [5.74, 6) is -0.232. The third-order valence-corrected chi connectivity index (χ3v) is 2.62. The van der Waals surface area contributed by atoms with Gasteiger partial charge in [0.15, 0.2) is 6.10 Å². The van der Waals surface area contributed by atoms with Crippen LogP contribution < -0.4 is 0 Å². The Bertz CT molecular complexity index is 615. The number of aliphatic hydroxyl groups excluding tert-OH is 1. The molecule has 110 valence electrons. The maximum absolute atomic E-state index is 12.5. The third-order valence-electron chi connectivity index (χ3n) is 2.62. The molecule has 1 heterocycles. The monoisotopic (exact) mass is 298 g/mol. The number of benzene rings is 1. The van der Waals surface area contributed by atoms with E-state index >= 15 is 0 Å². The molecule has 2 N–H and O–H groups in total. The van der Waals surface area contributed by atoms with Crippen molar-refractivity contribution in [2.75, 3.05) is 0 Å². The minimum atomic E-state index is -4.81. The Balaban J connectivity index is 2.30. The zero-order chi connectivity index (χ0) is 15.1. The fraction of sp³-hybridized carbons (Fsp3) is 0.364.